The van der Waals surface area contributed by atoms with Crippen LogP contribution >= 0.6 is 11.3 Å². The van der Waals surface area contributed by atoms with Crippen molar-refractivity contribution in [2.75, 3.05) is 7.05 Å². The Balaban J connectivity index is 1.88. The lowest BCUT2D eigenvalue weighted by Gasteiger charge is -1.98. The lowest BCUT2D eigenvalue weighted by atomic mass is 10.3. The van der Waals surface area contributed by atoms with Crippen LogP contribution in [0.25, 0.3) is 16.3 Å². The van der Waals surface area contributed by atoms with Gasteiger partial charge >= 0.3 is 0 Å². The summed E-state index contributed by atoms with van der Waals surface area (Å²) in [4.78, 5) is 5.66. The van der Waals surface area contributed by atoms with Crippen molar-refractivity contribution in [1.29, 1.82) is 0 Å². The van der Waals surface area contributed by atoms with Gasteiger partial charge in [-0.15, -0.1) is 11.3 Å². The van der Waals surface area contributed by atoms with E-state index in [-0.39, 0.29) is 0 Å². The number of nitrogens with zero attached hydrogens (tertiary/aromatic N) is 3. The van der Waals surface area contributed by atoms with E-state index in [4.69, 9.17) is 0 Å². The highest BCUT2D eigenvalue weighted by molar-refractivity contribution is 7.15. The van der Waals surface area contributed by atoms with Gasteiger partial charge < -0.3 is 5.32 Å². The van der Waals surface area contributed by atoms with Crippen molar-refractivity contribution in [2.24, 2.45) is 0 Å². The predicted molar refractivity (Wildman–Crippen MR) is 77.4 cm³/mol. The summed E-state index contributed by atoms with van der Waals surface area (Å²) in [7, 11) is 1.94. The Bertz CT molecular complexity index is 657. The van der Waals surface area contributed by atoms with Gasteiger partial charge in [-0.05, 0) is 19.2 Å². The second-order valence-corrected chi connectivity index (χ2v) is 5.29. The molecular formula is C14H14N4S. The minimum atomic E-state index is 0.852. The number of nitrogens with one attached hydrogen (secondary N) is 1. The maximum absolute atomic E-state index is 4.44. The van der Waals surface area contributed by atoms with Gasteiger partial charge in [0.25, 0.3) is 0 Å². The molecular weight excluding hydrogens is 256 g/mol. The SMILES string of the molecule is CNCc1cnc(-c2cnn(-c3ccccc3)c2)s1. The Labute approximate surface area is 115 Å². The van der Waals surface area contributed by atoms with E-state index in [9.17, 15) is 0 Å². The van der Waals surface area contributed by atoms with E-state index in [1.54, 1.807) is 11.3 Å². The molecule has 0 fully saturated rings. The second-order valence-electron chi connectivity index (χ2n) is 4.17. The van der Waals surface area contributed by atoms with Gasteiger partial charge in [0.15, 0.2) is 0 Å². The fourth-order valence-electron chi connectivity index (χ4n) is 1.85. The van der Waals surface area contributed by atoms with Gasteiger partial charge in [0.05, 0.1) is 11.9 Å². The molecule has 2 heterocycles. The monoisotopic (exact) mass is 270 g/mol. The van der Waals surface area contributed by atoms with Crippen LogP contribution in [0.3, 0.4) is 0 Å². The summed E-state index contributed by atoms with van der Waals surface area (Å²) < 4.78 is 1.87. The third-order valence-corrected chi connectivity index (χ3v) is 3.80. The quantitative estimate of drug-likeness (QED) is 0.792. The largest absolute Gasteiger partial charge is 0.315 e. The number of para-hydroxylation sites is 1. The van der Waals surface area contributed by atoms with Gasteiger partial charge in [-0.25, -0.2) is 9.67 Å². The standard InChI is InChI=1S/C14H14N4S/c1-15-8-13-9-16-14(19-13)11-7-17-18(10-11)12-5-3-2-4-6-12/h2-7,9-10,15H,8H2,1H3. The first-order valence-corrected chi connectivity index (χ1v) is 6.88. The molecule has 0 radical (unpaired) electrons. The molecule has 2 aromatic heterocycles. The van der Waals surface area contributed by atoms with E-state index in [0.29, 0.717) is 0 Å². The molecule has 1 aromatic carbocycles. The number of thiazole rings is 1. The van der Waals surface area contributed by atoms with Crippen LogP contribution in [0.4, 0.5) is 0 Å². The maximum Gasteiger partial charge on any atom is 0.126 e. The van der Waals surface area contributed by atoms with Crippen LogP contribution in [-0.2, 0) is 6.54 Å². The highest BCUT2D eigenvalue weighted by atomic mass is 32.1. The zero-order chi connectivity index (χ0) is 13.1. The van der Waals surface area contributed by atoms with Gasteiger partial charge in [-0.3, -0.25) is 0 Å². The summed E-state index contributed by atoms with van der Waals surface area (Å²) in [6.07, 6.45) is 5.78. The Kier molecular flexibility index (Phi) is 3.39. The molecule has 0 aliphatic carbocycles. The van der Waals surface area contributed by atoms with Gasteiger partial charge in [0.1, 0.15) is 5.01 Å². The fourth-order valence-corrected chi connectivity index (χ4v) is 2.75. The first-order chi connectivity index (χ1) is 9.36. The van der Waals surface area contributed by atoms with E-state index < -0.39 is 0 Å². The highest BCUT2D eigenvalue weighted by Crippen LogP contribution is 2.25. The molecule has 0 saturated heterocycles. The third kappa shape index (κ3) is 2.57. The summed E-state index contributed by atoms with van der Waals surface area (Å²) in [6, 6.07) is 10.1. The summed E-state index contributed by atoms with van der Waals surface area (Å²) in [5.74, 6) is 0. The Morgan fingerprint density at radius 1 is 1.21 bits per heavy atom. The molecule has 0 amide bonds. The molecule has 19 heavy (non-hydrogen) atoms. The first kappa shape index (κ1) is 12.1. The molecule has 4 nitrogen and oxygen atoms in total. The normalized spacial score (nSPS) is 10.8. The molecule has 3 aromatic rings. The van der Waals surface area contributed by atoms with E-state index in [0.717, 1.165) is 22.8 Å². The van der Waals surface area contributed by atoms with Gasteiger partial charge in [-0.1, -0.05) is 18.2 Å². The molecule has 3 rings (SSSR count). The third-order valence-electron chi connectivity index (χ3n) is 2.75. The van der Waals surface area contributed by atoms with Crippen LogP contribution in [0.15, 0.2) is 48.9 Å². The van der Waals surface area contributed by atoms with Gasteiger partial charge in [0, 0.05) is 29.4 Å². The topological polar surface area (TPSA) is 42.7 Å². The summed E-state index contributed by atoms with van der Waals surface area (Å²) >= 11 is 1.69. The van der Waals surface area contributed by atoms with E-state index in [1.165, 1.54) is 4.88 Å². The molecule has 0 saturated carbocycles. The number of hydrogen-bond donors (Lipinski definition) is 1. The van der Waals surface area contributed by atoms with Crippen LogP contribution in [0, 0.1) is 0 Å². The molecule has 0 unspecified atom stereocenters. The van der Waals surface area contributed by atoms with E-state index >= 15 is 0 Å². The van der Waals surface area contributed by atoms with Crippen molar-refractivity contribution < 1.29 is 0 Å². The van der Waals surface area contributed by atoms with E-state index in [2.05, 4.69) is 15.4 Å². The van der Waals surface area contributed by atoms with Crippen molar-refractivity contribution in [2.45, 2.75) is 6.54 Å². The Morgan fingerprint density at radius 3 is 2.84 bits per heavy atom. The Morgan fingerprint density at radius 2 is 2.05 bits per heavy atom. The van der Waals surface area contributed by atoms with Crippen molar-refractivity contribution >= 4 is 11.3 Å². The summed E-state index contributed by atoms with van der Waals surface area (Å²) in [6.45, 7) is 0.852. The van der Waals surface area contributed by atoms with Gasteiger partial charge in [0.2, 0.25) is 0 Å². The second kappa shape index (κ2) is 5.34. The molecule has 0 bridgehead atoms. The molecule has 0 atom stereocenters. The van der Waals surface area contributed by atoms with Crippen LogP contribution in [-0.4, -0.2) is 21.8 Å². The summed E-state index contributed by atoms with van der Waals surface area (Å²) in [5, 5.41) is 8.52. The van der Waals surface area contributed by atoms with Crippen LogP contribution in [0.5, 0.6) is 0 Å². The predicted octanol–water partition coefficient (Wildman–Crippen LogP) is 2.72. The fraction of sp³-hybridized carbons (Fsp3) is 0.143. The molecule has 96 valence electrons. The zero-order valence-corrected chi connectivity index (χ0v) is 11.4. The molecule has 1 N–H and O–H groups in total. The van der Waals surface area contributed by atoms with Crippen molar-refractivity contribution in [3.8, 4) is 16.3 Å². The zero-order valence-electron chi connectivity index (χ0n) is 10.6. The smallest absolute Gasteiger partial charge is 0.126 e. The van der Waals surface area contributed by atoms with Crippen LogP contribution < -0.4 is 5.32 Å². The van der Waals surface area contributed by atoms with Gasteiger partial charge in [-0.2, -0.15) is 5.10 Å². The van der Waals surface area contributed by atoms with Crippen LogP contribution in [0.1, 0.15) is 4.88 Å². The molecule has 5 heteroatoms. The average Bonchev–Trinajstić information content (AvgIpc) is 3.08. The first-order valence-electron chi connectivity index (χ1n) is 6.06. The lowest BCUT2D eigenvalue weighted by Crippen LogP contribution is -2.02. The summed E-state index contributed by atoms with van der Waals surface area (Å²) in [5.41, 5.74) is 2.11. The lowest BCUT2D eigenvalue weighted by molar-refractivity contribution is 0.829. The highest BCUT2D eigenvalue weighted by Gasteiger charge is 2.07. The van der Waals surface area contributed by atoms with E-state index in [1.807, 2.05) is 60.7 Å². The number of hydrogen-bond acceptors (Lipinski definition) is 4. The maximum atomic E-state index is 4.44. The minimum absolute atomic E-state index is 0.852. The molecule has 0 aliphatic rings. The number of aromatic nitrogens is 3. The molecule has 0 spiro atoms. The Hall–Kier alpha value is -1.98. The average molecular weight is 270 g/mol. The molecule has 0 aliphatic heterocycles. The van der Waals surface area contributed by atoms with Crippen LogP contribution in [0.2, 0.25) is 0 Å². The number of rotatable bonds is 4. The van der Waals surface area contributed by atoms with Crippen molar-refractivity contribution in [3.63, 3.8) is 0 Å². The van der Waals surface area contributed by atoms with Crippen molar-refractivity contribution in [1.82, 2.24) is 20.1 Å². The minimum Gasteiger partial charge on any atom is -0.315 e. The van der Waals surface area contributed by atoms with Crippen molar-refractivity contribution in [3.05, 3.63) is 53.8 Å². The number of benzene rings is 1.